The maximum Gasteiger partial charge on any atom is 0.220 e. The number of amides is 3. The van der Waals surface area contributed by atoms with E-state index in [1.807, 2.05) is 20.8 Å². The molecule has 0 saturated carbocycles. The van der Waals surface area contributed by atoms with Crippen molar-refractivity contribution in [3.05, 3.63) is 0 Å². The first kappa shape index (κ1) is 24.1. The molecule has 7 nitrogen and oxygen atoms in total. The van der Waals surface area contributed by atoms with Crippen LogP contribution in [0.1, 0.15) is 76.4 Å². The van der Waals surface area contributed by atoms with Crippen molar-refractivity contribution < 1.29 is 23.5 Å². The van der Waals surface area contributed by atoms with Crippen molar-refractivity contribution in [1.82, 2.24) is 16.0 Å². The molecule has 0 rings (SSSR count). The highest BCUT2D eigenvalue weighted by molar-refractivity contribution is 5.81. The highest BCUT2D eigenvalue weighted by atomic mass is 16.2. The van der Waals surface area contributed by atoms with Gasteiger partial charge in [0.2, 0.25) is 17.7 Å². The van der Waals surface area contributed by atoms with E-state index in [2.05, 4.69) is 16.0 Å². The van der Waals surface area contributed by atoms with Gasteiger partial charge in [0.15, 0.2) is 0 Å². The molecule has 0 bridgehead atoms. The van der Waals surface area contributed by atoms with Crippen LogP contribution in [0.2, 0.25) is 0 Å². The van der Waals surface area contributed by atoms with Crippen molar-refractivity contribution in [2.24, 2.45) is 5.92 Å². The van der Waals surface area contributed by atoms with Gasteiger partial charge in [0.25, 0.3) is 0 Å². The molecule has 0 aromatic rings. The quantitative estimate of drug-likeness (QED) is 0.382. The smallest absolute Gasteiger partial charge is 0.220 e. The molecule has 0 spiro atoms. The predicted octanol–water partition coefficient (Wildman–Crippen LogP) is 2.44. The van der Waals surface area contributed by atoms with Crippen LogP contribution < -0.4 is 16.0 Å². The van der Waals surface area contributed by atoms with Gasteiger partial charge in [-0.05, 0) is 25.7 Å². The Morgan fingerprint density at radius 2 is 1.12 bits per heavy atom. The zero-order valence-corrected chi connectivity index (χ0v) is 16.5. The first-order valence-electron chi connectivity index (χ1n) is 9.69. The lowest BCUT2D eigenvalue weighted by Gasteiger charge is -2.07. The summed E-state index contributed by atoms with van der Waals surface area (Å²) in [6.07, 6.45) is 4.19. The summed E-state index contributed by atoms with van der Waals surface area (Å²) in [5, 5.41) is 8.32. The van der Waals surface area contributed by atoms with E-state index in [1.54, 1.807) is 0 Å². The van der Waals surface area contributed by atoms with E-state index in [9.17, 15) is 19.2 Å². The minimum Gasteiger partial charge on any atom is -0.356 e. The monoisotopic (exact) mass is 375 g/mol. The third-order valence-corrected chi connectivity index (χ3v) is 3.85. The van der Waals surface area contributed by atoms with Crippen molar-refractivity contribution in [2.75, 3.05) is 19.6 Å². The number of nitrogens with one attached hydrogen (secondary N) is 3. The van der Waals surface area contributed by atoms with E-state index in [4.69, 9.17) is 0 Å². The molecule has 0 aliphatic rings. The number of hydrogen-bond donors (Lipinski definition) is 3. The lowest BCUT2D eigenvalue weighted by Crippen LogP contribution is -2.29. The summed E-state index contributed by atoms with van der Waals surface area (Å²) < 4.78 is 0. The van der Waals surface area contributed by atoms with E-state index in [1.165, 1.54) is 0 Å². The van der Waals surface area contributed by atoms with Crippen LogP contribution in [-0.2, 0) is 19.2 Å². The summed E-state index contributed by atoms with van der Waals surface area (Å²) in [6.45, 7) is 7.32. The van der Waals surface area contributed by atoms with Crippen LogP contribution in [0.4, 0.5) is 0 Å². The fourth-order valence-corrected chi connectivity index (χ4v) is 2.19. The third-order valence-electron chi connectivity index (χ3n) is 3.85. The molecule has 0 aromatic heterocycles. The van der Waals surface area contributed by atoms with Crippen LogP contribution in [0.15, 0.2) is 0 Å². The Balaban J connectivity index is -0.00000104. The van der Waals surface area contributed by atoms with Crippen LogP contribution in [0.3, 0.4) is 0 Å². The molecule has 7 heteroatoms. The van der Waals surface area contributed by atoms with Gasteiger partial charge < -0.3 is 16.0 Å². The van der Waals surface area contributed by atoms with Gasteiger partial charge in [0.05, 0.1) is 0 Å². The minimum atomic E-state index is -0.0833. The predicted molar refractivity (Wildman–Crippen MR) is 108 cm³/mol. The molecule has 3 amide bonds. The van der Waals surface area contributed by atoms with Gasteiger partial charge in [-0.2, -0.15) is 0 Å². The number of ketones is 1. The summed E-state index contributed by atoms with van der Waals surface area (Å²) in [7, 11) is 0. The second-order valence-corrected chi connectivity index (χ2v) is 6.73. The van der Waals surface area contributed by atoms with Gasteiger partial charge >= 0.3 is 0 Å². The lowest BCUT2D eigenvalue weighted by atomic mass is 10.0. The van der Waals surface area contributed by atoms with Crippen LogP contribution in [-0.4, -0.2) is 43.1 Å². The van der Waals surface area contributed by atoms with Crippen LogP contribution in [0.25, 0.3) is 0 Å². The number of hydrogen-bond acceptors (Lipinski definition) is 4. The van der Waals surface area contributed by atoms with Crippen molar-refractivity contribution in [3.63, 3.8) is 0 Å². The van der Waals surface area contributed by atoms with Gasteiger partial charge in [-0.1, -0.05) is 20.8 Å². The number of Topliss-reactive ketones (excluding diaryl/α,β-unsaturated/α-hetero) is 1. The largest absolute Gasteiger partial charge is 0.356 e. The molecule has 3 N–H and O–H groups in total. The Morgan fingerprint density at radius 3 is 1.54 bits per heavy atom. The molecule has 0 radical (unpaired) electrons. The summed E-state index contributed by atoms with van der Waals surface area (Å²) >= 11 is 0. The second kappa shape index (κ2) is 15.3. The maximum atomic E-state index is 11.7. The highest BCUT2D eigenvalue weighted by Crippen LogP contribution is 2.04. The van der Waals surface area contributed by atoms with Crippen molar-refractivity contribution in [2.45, 2.75) is 72.1 Å². The molecule has 0 heterocycles. The van der Waals surface area contributed by atoms with Gasteiger partial charge in [-0.3, -0.25) is 19.2 Å². The minimum absolute atomic E-state index is 0. The van der Waals surface area contributed by atoms with Crippen molar-refractivity contribution >= 4 is 23.5 Å². The van der Waals surface area contributed by atoms with E-state index in [-0.39, 0.29) is 33.7 Å². The lowest BCUT2D eigenvalue weighted by molar-refractivity contribution is -0.124. The summed E-state index contributed by atoms with van der Waals surface area (Å²) in [6, 6.07) is 0. The van der Waals surface area contributed by atoms with E-state index < -0.39 is 0 Å². The third kappa shape index (κ3) is 14.4. The van der Waals surface area contributed by atoms with Crippen LogP contribution in [0.5, 0.6) is 0 Å². The Morgan fingerprint density at radius 1 is 0.692 bits per heavy atom. The zero-order chi connectivity index (χ0) is 19.8. The molecule has 0 aliphatic carbocycles. The second-order valence-electron chi connectivity index (χ2n) is 6.73. The van der Waals surface area contributed by atoms with E-state index in [0.29, 0.717) is 64.6 Å². The molecule has 0 fully saturated rings. The normalized spacial score (nSPS) is 10.5. The van der Waals surface area contributed by atoms with Gasteiger partial charge in [0, 0.05) is 55.5 Å². The molecule has 0 saturated heterocycles. The SMILES string of the molecule is CCCNC(=O)CCCNC(=O)CCCNC(=O)CCCC(=O)C(C)C.[HH].[HH].[HH]. The standard InChI is InChI=1S/C19H35N3O4.3H2/c1-4-12-20-18(25)10-6-14-22-19(26)11-7-13-21-17(24)9-5-8-16(23)15(2)3;;;/h15H,4-14H2,1-3H3,(H,20,25)(H,21,24)(H,22,26);3*1H. The molecule has 0 atom stereocenters. The first-order valence-corrected chi connectivity index (χ1v) is 9.69. The topological polar surface area (TPSA) is 104 Å². The average molecular weight is 376 g/mol. The fourth-order valence-electron chi connectivity index (χ4n) is 2.19. The van der Waals surface area contributed by atoms with E-state index in [0.717, 1.165) is 6.42 Å². The fraction of sp³-hybridized carbons (Fsp3) is 0.789. The summed E-state index contributed by atoms with van der Waals surface area (Å²) in [5.74, 6) is 0.0503. The van der Waals surface area contributed by atoms with Crippen LogP contribution in [0, 0.1) is 5.92 Å². The zero-order valence-electron chi connectivity index (χ0n) is 16.5. The maximum absolute atomic E-state index is 11.7. The first-order chi connectivity index (χ1) is 12.4. The average Bonchev–Trinajstić information content (AvgIpc) is 2.60. The number of rotatable bonds is 15. The van der Waals surface area contributed by atoms with Crippen molar-refractivity contribution in [3.8, 4) is 0 Å². The van der Waals surface area contributed by atoms with Gasteiger partial charge in [-0.25, -0.2) is 0 Å². The van der Waals surface area contributed by atoms with Gasteiger partial charge in [0.1, 0.15) is 5.78 Å². The summed E-state index contributed by atoms with van der Waals surface area (Å²) in [4.78, 5) is 46.1. The number of carbonyl (C=O) groups excluding carboxylic acids is 4. The molecule has 0 unspecified atom stereocenters. The molecule has 156 valence electrons. The molecule has 0 aliphatic heterocycles. The van der Waals surface area contributed by atoms with Crippen molar-refractivity contribution in [1.29, 1.82) is 0 Å². The number of carbonyl (C=O) groups is 4. The Bertz CT molecular complexity index is 464. The molecular formula is C19H41N3O4. The Kier molecular flexibility index (Phi) is 14.2. The highest BCUT2D eigenvalue weighted by Gasteiger charge is 2.08. The molecule has 0 aromatic carbocycles. The summed E-state index contributed by atoms with van der Waals surface area (Å²) in [5.41, 5.74) is 0. The van der Waals surface area contributed by atoms with Crippen LogP contribution >= 0.6 is 0 Å². The van der Waals surface area contributed by atoms with Gasteiger partial charge in [-0.15, -0.1) is 0 Å². The Labute approximate surface area is 161 Å². The van der Waals surface area contributed by atoms with E-state index >= 15 is 0 Å². The molecule has 26 heavy (non-hydrogen) atoms. The Hall–Kier alpha value is -1.92. The molecular weight excluding hydrogens is 334 g/mol.